The number of cyclic esters (lactones) is 1. The Kier molecular flexibility index (Phi) is 9.31. The molecule has 10 heteroatoms. The molecule has 212 valence electrons. The van der Waals surface area contributed by atoms with Crippen LogP contribution in [0.5, 0.6) is 0 Å². The van der Waals surface area contributed by atoms with E-state index in [0.717, 1.165) is 11.1 Å². The largest absolute Gasteiger partial charge is 0.457 e. The highest BCUT2D eigenvalue weighted by Gasteiger charge is 2.49. The van der Waals surface area contributed by atoms with E-state index in [2.05, 4.69) is 4.98 Å². The number of aliphatic hydroxyl groups excluding tert-OH is 2. The van der Waals surface area contributed by atoms with Crippen LogP contribution in [0.3, 0.4) is 0 Å². The quantitative estimate of drug-likeness (QED) is 0.360. The summed E-state index contributed by atoms with van der Waals surface area (Å²) < 4.78 is 47.5. The Morgan fingerprint density at radius 2 is 1.87 bits per heavy atom. The number of Topliss-reactive ketones (excluding diaryl/α,β-unsaturated/α-hetero) is 1. The monoisotopic (exact) mass is 557 g/mol. The second-order valence-electron chi connectivity index (χ2n) is 11.4. The molecule has 0 saturated heterocycles. The molecule has 2 heterocycles. The van der Waals surface area contributed by atoms with Gasteiger partial charge in [0, 0.05) is 23.3 Å². The first kappa shape index (κ1) is 30.5. The molecule has 1 saturated carbocycles. The van der Waals surface area contributed by atoms with Gasteiger partial charge in [0.05, 0.1) is 34.7 Å². The number of allylic oxidation sites excluding steroid dienone is 1. The topological polar surface area (TPSA) is 96.7 Å². The minimum absolute atomic E-state index is 0.143. The molecule has 1 aromatic heterocycles. The number of alkyl halides is 3. The van der Waals surface area contributed by atoms with Crippen LogP contribution < -0.4 is 0 Å². The molecule has 1 aromatic rings. The molecule has 0 bridgehead atoms. The maximum absolute atomic E-state index is 14.0. The van der Waals surface area contributed by atoms with E-state index in [-0.39, 0.29) is 24.7 Å². The Morgan fingerprint density at radius 1 is 1.21 bits per heavy atom. The van der Waals surface area contributed by atoms with Gasteiger partial charge in [0.1, 0.15) is 11.9 Å². The van der Waals surface area contributed by atoms with E-state index in [4.69, 9.17) is 4.74 Å². The SMILES string of the molecule is CC(=Cc1csc(C)n1)[C@H]1C/C=C(/C(F)(F)F)CC2CC2[C@@H](C)[C@H](O)[C@@H](C)C(=O)C(C)(C)[C@@H](O)CC(=O)O1. The summed E-state index contributed by atoms with van der Waals surface area (Å²) in [7, 11) is 0. The van der Waals surface area contributed by atoms with Crippen LogP contribution in [0, 0.1) is 36.0 Å². The number of carbonyl (C=O) groups is 2. The summed E-state index contributed by atoms with van der Waals surface area (Å²) in [6.45, 7) is 9.86. The average Bonchev–Trinajstić information content (AvgIpc) is 3.48. The zero-order valence-corrected chi connectivity index (χ0v) is 23.5. The zero-order chi connectivity index (χ0) is 28.6. The Morgan fingerprint density at radius 3 is 2.45 bits per heavy atom. The lowest BCUT2D eigenvalue weighted by Gasteiger charge is -2.34. The molecular weight excluding hydrogens is 519 g/mol. The summed E-state index contributed by atoms with van der Waals surface area (Å²) in [5.74, 6) is -2.91. The molecule has 2 aliphatic rings. The summed E-state index contributed by atoms with van der Waals surface area (Å²) in [5, 5.41) is 24.4. The van der Waals surface area contributed by atoms with E-state index in [9.17, 15) is 33.0 Å². The fraction of sp³-hybridized carbons (Fsp3) is 0.679. The van der Waals surface area contributed by atoms with E-state index in [1.54, 1.807) is 32.2 Å². The maximum Gasteiger partial charge on any atom is 0.412 e. The van der Waals surface area contributed by atoms with Crippen molar-refractivity contribution in [1.82, 2.24) is 4.98 Å². The van der Waals surface area contributed by atoms with Crippen molar-refractivity contribution in [3.8, 4) is 0 Å². The van der Waals surface area contributed by atoms with Gasteiger partial charge in [-0.05, 0) is 56.1 Å². The highest BCUT2D eigenvalue weighted by Crippen LogP contribution is 2.51. The molecule has 0 aromatic carbocycles. The van der Waals surface area contributed by atoms with Gasteiger partial charge < -0.3 is 14.9 Å². The molecule has 2 N–H and O–H groups in total. The molecule has 6 nitrogen and oxygen atoms in total. The predicted octanol–water partition coefficient (Wildman–Crippen LogP) is 5.66. The lowest BCUT2D eigenvalue weighted by molar-refractivity contribution is -0.154. The van der Waals surface area contributed by atoms with Crippen molar-refractivity contribution in [2.45, 2.75) is 91.7 Å². The predicted molar refractivity (Wildman–Crippen MR) is 139 cm³/mol. The van der Waals surface area contributed by atoms with Gasteiger partial charge in [0.2, 0.25) is 0 Å². The van der Waals surface area contributed by atoms with Crippen molar-refractivity contribution in [3.05, 3.63) is 33.3 Å². The van der Waals surface area contributed by atoms with Crippen LogP contribution in [0.1, 0.15) is 71.0 Å². The number of hydrogen-bond acceptors (Lipinski definition) is 7. The number of rotatable bonds is 2. The van der Waals surface area contributed by atoms with Gasteiger partial charge in [0.15, 0.2) is 0 Å². The lowest BCUT2D eigenvalue weighted by atomic mass is 9.72. The first-order valence-corrected chi connectivity index (χ1v) is 13.9. The molecule has 2 unspecified atom stereocenters. The summed E-state index contributed by atoms with van der Waals surface area (Å²) in [6.07, 6.45) is -5.66. The maximum atomic E-state index is 14.0. The highest BCUT2D eigenvalue weighted by molar-refractivity contribution is 7.09. The fourth-order valence-corrected chi connectivity index (χ4v) is 5.90. The van der Waals surface area contributed by atoms with Gasteiger partial charge in [-0.2, -0.15) is 13.2 Å². The molecule has 7 atom stereocenters. The number of esters is 1. The molecular formula is C28H38F3NO5S. The van der Waals surface area contributed by atoms with Gasteiger partial charge in [-0.15, -0.1) is 11.3 Å². The molecule has 1 aliphatic carbocycles. The minimum atomic E-state index is -4.55. The van der Waals surface area contributed by atoms with Crippen molar-refractivity contribution in [2.24, 2.45) is 29.1 Å². The number of ketones is 1. The Balaban J connectivity index is 1.98. The Hall–Kier alpha value is -2.04. The molecule has 1 fully saturated rings. The number of nitrogens with zero attached hydrogens (tertiary/aromatic N) is 1. The Labute approximate surface area is 226 Å². The number of aromatic nitrogens is 1. The van der Waals surface area contributed by atoms with Crippen LogP contribution in [0.15, 0.2) is 22.6 Å². The number of hydrogen-bond donors (Lipinski definition) is 2. The number of aryl methyl sites for hydroxylation is 1. The molecule has 38 heavy (non-hydrogen) atoms. The third-order valence-corrected chi connectivity index (χ3v) is 8.96. The van der Waals surface area contributed by atoms with Crippen LogP contribution in [0.2, 0.25) is 0 Å². The summed E-state index contributed by atoms with van der Waals surface area (Å²) in [4.78, 5) is 30.5. The zero-order valence-electron chi connectivity index (χ0n) is 22.7. The van der Waals surface area contributed by atoms with E-state index in [1.807, 2.05) is 6.92 Å². The van der Waals surface area contributed by atoms with Gasteiger partial charge in [-0.1, -0.05) is 33.8 Å². The molecule has 0 spiro atoms. The molecule has 3 rings (SSSR count). The molecule has 1 aliphatic heterocycles. The van der Waals surface area contributed by atoms with E-state index in [1.165, 1.54) is 25.2 Å². The number of carbonyl (C=O) groups excluding carboxylic acids is 2. The number of fused-ring (bicyclic) bond motifs is 1. The van der Waals surface area contributed by atoms with Gasteiger partial charge in [-0.25, -0.2) is 4.98 Å². The van der Waals surface area contributed by atoms with E-state index in [0.29, 0.717) is 17.7 Å². The first-order valence-electron chi connectivity index (χ1n) is 13.0. The number of ether oxygens (including phenoxy) is 1. The van der Waals surface area contributed by atoms with Crippen LogP contribution in [0.4, 0.5) is 13.2 Å². The smallest absolute Gasteiger partial charge is 0.412 e. The van der Waals surface area contributed by atoms with Gasteiger partial charge in [-0.3, -0.25) is 9.59 Å². The second kappa shape index (κ2) is 11.6. The summed E-state index contributed by atoms with van der Waals surface area (Å²) >= 11 is 1.42. The van der Waals surface area contributed by atoms with Gasteiger partial charge in [0.25, 0.3) is 0 Å². The third kappa shape index (κ3) is 7.12. The van der Waals surface area contributed by atoms with Crippen LogP contribution in [0.25, 0.3) is 6.08 Å². The minimum Gasteiger partial charge on any atom is -0.457 e. The second-order valence-corrected chi connectivity index (χ2v) is 12.5. The average molecular weight is 558 g/mol. The summed E-state index contributed by atoms with van der Waals surface area (Å²) in [5.41, 5.74) is -0.909. The van der Waals surface area contributed by atoms with Crippen LogP contribution in [-0.2, 0) is 14.3 Å². The Bertz CT molecular complexity index is 1090. The van der Waals surface area contributed by atoms with E-state index >= 15 is 0 Å². The third-order valence-electron chi connectivity index (χ3n) is 8.16. The van der Waals surface area contributed by atoms with Crippen molar-refractivity contribution < 1.29 is 37.7 Å². The standard InChI is InChI=1S/C28H38F3NO5S/c1-14(9-20-13-38-17(4)32-20)22-8-7-19(28(29,30)31)10-18-11-21(18)15(2)25(35)16(3)26(36)27(5,6)23(33)12-24(34)37-22/h7,9,13,15-16,18,21-23,25,33,35H,8,10-12H2,1-6H3/b14-9?,19-7+/t15-,16-,18?,21?,22-,23+,25+/m1/s1. The van der Waals surface area contributed by atoms with Crippen molar-refractivity contribution >= 4 is 29.2 Å². The number of aliphatic hydroxyl groups is 2. The molecule has 0 radical (unpaired) electrons. The fourth-order valence-electron chi connectivity index (χ4n) is 5.33. The number of thiazole rings is 1. The number of halogens is 3. The van der Waals surface area contributed by atoms with Crippen molar-refractivity contribution in [3.63, 3.8) is 0 Å². The highest BCUT2D eigenvalue weighted by atomic mass is 32.1. The van der Waals surface area contributed by atoms with Crippen LogP contribution >= 0.6 is 11.3 Å². The van der Waals surface area contributed by atoms with Gasteiger partial charge >= 0.3 is 12.1 Å². The van der Waals surface area contributed by atoms with Crippen LogP contribution in [-0.4, -0.2) is 51.4 Å². The summed E-state index contributed by atoms with van der Waals surface area (Å²) in [6, 6.07) is 0. The first-order chi connectivity index (χ1) is 17.5. The lowest BCUT2D eigenvalue weighted by Crippen LogP contribution is -2.46. The van der Waals surface area contributed by atoms with Crippen molar-refractivity contribution in [1.29, 1.82) is 0 Å². The van der Waals surface area contributed by atoms with Crippen molar-refractivity contribution in [2.75, 3.05) is 0 Å². The van der Waals surface area contributed by atoms with E-state index < -0.39 is 65.5 Å². The molecule has 0 amide bonds. The normalized spacial score (nSPS) is 35.2.